The van der Waals surface area contributed by atoms with Gasteiger partial charge >= 0.3 is 0 Å². The lowest BCUT2D eigenvalue weighted by Gasteiger charge is -2.46. The average Bonchev–Trinajstić information content (AvgIpc) is 3.18. The first-order valence-electron chi connectivity index (χ1n) is 11.0. The van der Waals surface area contributed by atoms with Gasteiger partial charge in [-0.1, -0.05) is 11.6 Å². The highest BCUT2D eigenvalue weighted by Crippen LogP contribution is 2.45. The Morgan fingerprint density at radius 1 is 1.23 bits per heavy atom. The second kappa shape index (κ2) is 7.86. The quantitative estimate of drug-likeness (QED) is 0.595. The smallest absolute Gasteiger partial charge is 0.126 e. The van der Waals surface area contributed by atoms with Crippen molar-refractivity contribution in [3.05, 3.63) is 59.3 Å². The largest absolute Gasteiger partial charge is 0.497 e. The SMILES string of the molecule is COc1ccc2c(c1)[C@H](O)CC1(CCN(C[C@H](O)c3c[nH]c4ccc(C)cc34)CC1)O2. The minimum absolute atomic E-state index is 0.347. The van der Waals surface area contributed by atoms with Crippen LogP contribution in [0.2, 0.25) is 0 Å². The van der Waals surface area contributed by atoms with Crippen LogP contribution in [0.25, 0.3) is 10.9 Å². The van der Waals surface area contributed by atoms with Crippen LogP contribution >= 0.6 is 0 Å². The Balaban J connectivity index is 1.25. The predicted molar refractivity (Wildman–Crippen MR) is 120 cm³/mol. The molecule has 2 aliphatic rings. The summed E-state index contributed by atoms with van der Waals surface area (Å²) in [7, 11) is 1.63. The molecule has 3 N–H and O–H groups in total. The molecule has 3 aromatic rings. The molecule has 2 aliphatic heterocycles. The molecule has 0 saturated carbocycles. The van der Waals surface area contributed by atoms with Crippen LogP contribution in [0, 0.1) is 6.92 Å². The summed E-state index contributed by atoms with van der Waals surface area (Å²) in [5, 5.41) is 22.8. The van der Waals surface area contributed by atoms with Crippen molar-refractivity contribution in [2.75, 3.05) is 26.7 Å². The Hall–Kier alpha value is -2.54. The number of methoxy groups -OCH3 is 1. The Morgan fingerprint density at radius 3 is 2.81 bits per heavy atom. The fourth-order valence-corrected chi connectivity index (χ4v) is 5.07. The summed E-state index contributed by atoms with van der Waals surface area (Å²) in [5.74, 6) is 1.48. The van der Waals surface area contributed by atoms with Crippen LogP contribution in [-0.4, -0.2) is 52.4 Å². The highest BCUT2D eigenvalue weighted by molar-refractivity contribution is 5.84. The number of hydrogen-bond acceptors (Lipinski definition) is 5. The normalized spacial score (nSPS) is 21.6. The minimum Gasteiger partial charge on any atom is -0.497 e. The second-order valence-electron chi connectivity index (χ2n) is 9.02. The molecule has 31 heavy (non-hydrogen) atoms. The Kier molecular flexibility index (Phi) is 5.16. The second-order valence-corrected chi connectivity index (χ2v) is 9.02. The van der Waals surface area contributed by atoms with E-state index in [1.54, 1.807) is 7.11 Å². The molecule has 2 aromatic carbocycles. The van der Waals surface area contributed by atoms with Crippen molar-refractivity contribution in [1.82, 2.24) is 9.88 Å². The maximum Gasteiger partial charge on any atom is 0.126 e. The summed E-state index contributed by atoms with van der Waals surface area (Å²) in [4.78, 5) is 5.56. The van der Waals surface area contributed by atoms with E-state index in [9.17, 15) is 10.2 Å². The molecule has 6 nitrogen and oxygen atoms in total. The minimum atomic E-state index is -0.551. The van der Waals surface area contributed by atoms with Crippen LogP contribution in [-0.2, 0) is 0 Å². The first-order valence-corrected chi connectivity index (χ1v) is 11.0. The van der Waals surface area contributed by atoms with E-state index in [2.05, 4.69) is 35.0 Å². The molecule has 1 saturated heterocycles. The van der Waals surface area contributed by atoms with E-state index in [0.717, 1.165) is 59.5 Å². The van der Waals surface area contributed by atoms with Gasteiger partial charge in [0.15, 0.2) is 0 Å². The fraction of sp³-hybridized carbons (Fsp3) is 0.440. The maximum absolute atomic E-state index is 10.9. The number of benzene rings is 2. The molecule has 3 heterocycles. The number of aromatic nitrogens is 1. The number of aliphatic hydroxyl groups excluding tert-OH is 2. The van der Waals surface area contributed by atoms with Crippen LogP contribution in [0.5, 0.6) is 11.5 Å². The van der Waals surface area contributed by atoms with Crippen molar-refractivity contribution in [1.29, 1.82) is 0 Å². The van der Waals surface area contributed by atoms with E-state index in [4.69, 9.17) is 9.47 Å². The molecule has 0 unspecified atom stereocenters. The number of β-amino-alcohol motifs (C(OH)–C–C–N with tert-alkyl or cyclic N) is 1. The van der Waals surface area contributed by atoms with Crippen LogP contribution in [0.3, 0.4) is 0 Å². The number of ether oxygens (including phenoxy) is 2. The first kappa shape index (κ1) is 20.4. The molecule has 0 amide bonds. The molecule has 1 fully saturated rings. The Labute approximate surface area is 182 Å². The number of H-pyrrole nitrogens is 1. The third kappa shape index (κ3) is 3.80. The number of piperidine rings is 1. The summed E-state index contributed by atoms with van der Waals surface area (Å²) >= 11 is 0. The first-order chi connectivity index (χ1) is 15.0. The Bertz CT molecular complexity index is 1080. The summed E-state index contributed by atoms with van der Waals surface area (Å²) < 4.78 is 11.7. The topological polar surface area (TPSA) is 78.0 Å². The number of nitrogens with zero attached hydrogens (tertiary/aromatic N) is 1. The molecule has 0 aliphatic carbocycles. The fourth-order valence-electron chi connectivity index (χ4n) is 5.07. The van der Waals surface area contributed by atoms with Crippen molar-refractivity contribution in [2.24, 2.45) is 0 Å². The molecule has 2 atom stereocenters. The van der Waals surface area contributed by atoms with Gasteiger partial charge in [0.1, 0.15) is 17.1 Å². The number of nitrogens with one attached hydrogen (secondary N) is 1. The number of aromatic amines is 1. The van der Waals surface area contributed by atoms with Crippen molar-refractivity contribution in [3.8, 4) is 11.5 Å². The third-order valence-electron chi connectivity index (χ3n) is 6.89. The predicted octanol–water partition coefficient (Wildman–Crippen LogP) is 3.87. The van der Waals surface area contributed by atoms with Gasteiger partial charge in [-0.3, -0.25) is 0 Å². The molecule has 1 aromatic heterocycles. The van der Waals surface area contributed by atoms with E-state index in [-0.39, 0.29) is 5.60 Å². The van der Waals surface area contributed by atoms with Crippen LogP contribution in [0.15, 0.2) is 42.6 Å². The standard InChI is InChI=1S/C25H30N2O4/c1-16-3-5-21-18(11-16)20(14-26-21)23(29)15-27-9-7-25(8-10-27)13-22(28)19-12-17(30-2)4-6-24(19)31-25/h3-6,11-12,14,22-23,26,28-29H,7-10,13,15H2,1-2H3/t22-,23+/m1/s1. The number of fused-ring (bicyclic) bond motifs is 2. The maximum atomic E-state index is 10.9. The van der Waals surface area contributed by atoms with Crippen molar-refractivity contribution < 1.29 is 19.7 Å². The molecule has 164 valence electrons. The molecule has 1 spiro atoms. The van der Waals surface area contributed by atoms with Crippen LogP contribution in [0.4, 0.5) is 0 Å². The number of aryl methyl sites for hydroxylation is 1. The van der Waals surface area contributed by atoms with Gasteiger partial charge in [0.05, 0.1) is 19.3 Å². The van der Waals surface area contributed by atoms with Gasteiger partial charge in [-0.25, -0.2) is 0 Å². The third-order valence-corrected chi connectivity index (χ3v) is 6.89. The lowest BCUT2D eigenvalue weighted by atomic mass is 9.81. The van der Waals surface area contributed by atoms with E-state index >= 15 is 0 Å². The van der Waals surface area contributed by atoms with Crippen molar-refractivity contribution in [2.45, 2.75) is 44.0 Å². The van der Waals surface area contributed by atoms with Gasteiger partial charge in [0, 0.05) is 54.3 Å². The summed E-state index contributed by atoms with van der Waals surface area (Å²) in [6.07, 6.45) is 3.07. The zero-order chi connectivity index (χ0) is 21.6. The van der Waals surface area contributed by atoms with Crippen LogP contribution in [0.1, 0.15) is 48.2 Å². The van der Waals surface area contributed by atoms with E-state index in [1.807, 2.05) is 24.4 Å². The lowest BCUT2D eigenvalue weighted by molar-refractivity contribution is -0.0588. The number of aliphatic hydroxyl groups is 2. The monoisotopic (exact) mass is 422 g/mol. The van der Waals surface area contributed by atoms with Crippen molar-refractivity contribution >= 4 is 10.9 Å². The van der Waals surface area contributed by atoms with Crippen molar-refractivity contribution in [3.63, 3.8) is 0 Å². The Morgan fingerprint density at radius 2 is 2.03 bits per heavy atom. The van der Waals surface area contributed by atoms with Gasteiger partial charge in [-0.2, -0.15) is 0 Å². The molecular formula is C25H30N2O4. The summed E-state index contributed by atoms with van der Waals surface area (Å²) in [5.41, 5.74) is 3.65. The van der Waals surface area contributed by atoms with Gasteiger partial charge in [-0.05, 0) is 50.1 Å². The van der Waals surface area contributed by atoms with Gasteiger partial charge in [-0.15, -0.1) is 0 Å². The summed E-state index contributed by atoms with van der Waals surface area (Å²) in [6, 6.07) is 11.9. The summed E-state index contributed by atoms with van der Waals surface area (Å²) in [6.45, 7) is 4.32. The molecule has 0 radical (unpaired) electrons. The average molecular weight is 423 g/mol. The molecule has 0 bridgehead atoms. The van der Waals surface area contributed by atoms with Gasteiger partial charge in [0.2, 0.25) is 0 Å². The highest BCUT2D eigenvalue weighted by atomic mass is 16.5. The number of rotatable bonds is 4. The lowest BCUT2D eigenvalue weighted by Crippen LogP contribution is -2.51. The number of likely N-dealkylation sites (tertiary alicyclic amines) is 1. The van der Waals surface area contributed by atoms with Gasteiger partial charge < -0.3 is 29.6 Å². The zero-order valence-corrected chi connectivity index (χ0v) is 18.1. The zero-order valence-electron chi connectivity index (χ0n) is 18.1. The van der Waals surface area contributed by atoms with E-state index in [0.29, 0.717) is 13.0 Å². The van der Waals surface area contributed by atoms with Crippen LogP contribution < -0.4 is 9.47 Å². The molecule has 6 heteroatoms. The van der Waals surface area contributed by atoms with E-state index in [1.165, 1.54) is 5.56 Å². The van der Waals surface area contributed by atoms with Gasteiger partial charge in [0.25, 0.3) is 0 Å². The molecular weight excluding hydrogens is 392 g/mol. The molecule has 5 rings (SSSR count). The number of hydrogen-bond donors (Lipinski definition) is 3. The van der Waals surface area contributed by atoms with E-state index < -0.39 is 12.2 Å². The highest BCUT2D eigenvalue weighted by Gasteiger charge is 2.43.